The number of likely N-dealkylation sites (tertiary alicyclic amines) is 1. The summed E-state index contributed by atoms with van der Waals surface area (Å²) in [5.74, 6) is -1.64. The molecule has 0 aromatic carbocycles. The number of aryl methyl sites for hydroxylation is 1. The molecule has 13 heteroatoms. The summed E-state index contributed by atoms with van der Waals surface area (Å²) in [4.78, 5) is 43.3. The van der Waals surface area contributed by atoms with E-state index >= 15 is 0 Å². The second kappa shape index (κ2) is 10.4. The molecule has 3 unspecified atom stereocenters. The molecule has 1 aliphatic heterocycles. The number of rotatable bonds is 9. The van der Waals surface area contributed by atoms with Gasteiger partial charge in [0.05, 0.1) is 12.6 Å². The Morgan fingerprint density at radius 2 is 2.06 bits per heavy atom. The number of furan rings is 1. The van der Waals surface area contributed by atoms with Gasteiger partial charge >= 0.3 is 0 Å². The number of aromatic nitrogens is 2. The molecule has 186 valence electrons. The monoisotopic (exact) mass is 494 g/mol. The predicted molar refractivity (Wildman–Crippen MR) is 121 cm³/mol. The van der Waals surface area contributed by atoms with Gasteiger partial charge in [-0.25, -0.2) is 18.1 Å². The van der Waals surface area contributed by atoms with Crippen LogP contribution in [0.2, 0.25) is 0 Å². The number of carbonyl (C=O) groups is 3. The molecule has 0 saturated carbocycles. The van der Waals surface area contributed by atoms with Crippen LogP contribution in [0.5, 0.6) is 0 Å². The largest absolute Gasteiger partial charge is 0.459 e. The lowest BCUT2D eigenvalue weighted by Gasteiger charge is -2.38. The number of hydrogen-bond donors (Lipinski definition) is 3. The van der Waals surface area contributed by atoms with Crippen molar-refractivity contribution < 1.29 is 27.2 Å². The van der Waals surface area contributed by atoms with E-state index in [9.17, 15) is 22.8 Å². The molecule has 0 radical (unpaired) electrons. The molecule has 0 aliphatic carbocycles. The number of primary amides is 1. The number of imidazole rings is 1. The van der Waals surface area contributed by atoms with E-state index in [-0.39, 0.29) is 36.1 Å². The summed E-state index contributed by atoms with van der Waals surface area (Å²) >= 11 is 0. The van der Waals surface area contributed by atoms with Gasteiger partial charge in [-0.15, -0.1) is 0 Å². The second-order valence-electron chi connectivity index (χ2n) is 8.80. The first-order valence-corrected chi connectivity index (χ1v) is 12.4. The van der Waals surface area contributed by atoms with Gasteiger partial charge in [0.25, 0.3) is 15.9 Å². The third-order valence-corrected chi connectivity index (χ3v) is 6.95. The number of nitrogens with zero attached hydrogens (tertiary/aromatic N) is 3. The highest BCUT2D eigenvalue weighted by Crippen LogP contribution is 2.23. The first-order valence-electron chi connectivity index (χ1n) is 10.9. The Balaban J connectivity index is 1.82. The fourth-order valence-corrected chi connectivity index (χ4v) is 5.16. The highest BCUT2D eigenvalue weighted by atomic mass is 32.2. The Morgan fingerprint density at radius 1 is 1.32 bits per heavy atom. The summed E-state index contributed by atoms with van der Waals surface area (Å²) in [5, 5.41) is 2.49. The fraction of sp³-hybridized carbons (Fsp3) is 0.524. The Labute approximate surface area is 197 Å². The van der Waals surface area contributed by atoms with Crippen molar-refractivity contribution in [3.63, 3.8) is 0 Å². The van der Waals surface area contributed by atoms with E-state index in [2.05, 4.69) is 15.0 Å². The lowest BCUT2D eigenvalue weighted by Crippen LogP contribution is -2.59. The van der Waals surface area contributed by atoms with Crippen molar-refractivity contribution >= 4 is 27.7 Å². The van der Waals surface area contributed by atoms with Crippen LogP contribution in [0.1, 0.15) is 43.7 Å². The first kappa shape index (κ1) is 25.4. The molecule has 3 heterocycles. The topological polar surface area (TPSA) is 170 Å². The van der Waals surface area contributed by atoms with Gasteiger partial charge in [-0.05, 0) is 37.3 Å². The van der Waals surface area contributed by atoms with Gasteiger partial charge in [-0.1, -0.05) is 13.8 Å². The SMILES string of the molecule is CC(C)CC(NC(=O)C1CC(NS(=O)(=O)c2cn(C)cn2)CCN1C(=O)c1ccco1)C(N)=O. The molecule has 3 atom stereocenters. The average molecular weight is 495 g/mol. The standard InChI is InChI=1S/C21H30N6O6S/c1-13(2)9-15(19(22)28)24-20(29)16-10-14(25-34(31,32)18-11-26(3)12-23-18)6-7-27(16)21(30)17-5-4-8-33-17/h4-5,8,11-16,25H,6-7,9-10H2,1-3H3,(H2,22,28)(H,24,29). The van der Waals surface area contributed by atoms with Crippen molar-refractivity contribution in [2.24, 2.45) is 18.7 Å². The van der Waals surface area contributed by atoms with Crippen LogP contribution in [-0.2, 0) is 26.7 Å². The molecule has 0 spiro atoms. The quantitative estimate of drug-likeness (QED) is 0.440. The van der Waals surface area contributed by atoms with Crippen LogP contribution in [0.3, 0.4) is 0 Å². The zero-order chi connectivity index (χ0) is 25.0. The van der Waals surface area contributed by atoms with Crippen molar-refractivity contribution in [2.75, 3.05) is 6.54 Å². The molecule has 2 aromatic rings. The summed E-state index contributed by atoms with van der Waals surface area (Å²) in [6.45, 7) is 3.87. The molecule has 2 aromatic heterocycles. The molecule has 3 rings (SSSR count). The molecule has 1 fully saturated rings. The number of nitrogens with two attached hydrogens (primary N) is 1. The minimum absolute atomic E-state index is 0.00247. The Hall–Kier alpha value is -3.19. The van der Waals surface area contributed by atoms with Crippen LogP contribution in [0, 0.1) is 5.92 Å². The second-order valence-corrected chi connectivity index (χ2v) is 10.5. The molecular formula is C21H30N6O6S. The molecule has 4 N–H and O–H groups in total. The highest BCUT2D eigenvalue weighted by molar-refractivity contribution is 7.89. The van der Waals surface area contributed by atoms with Crippen molar-refractivity contribution in [2.45, 2.75) is 56.3 Å². The van der Waals surface area contributed by atoms with Crippen LogP contribution in [0.15, 0.2) is 40.4 Å². The summed E-state index contributed by atoms with van der Waals surface area (Å²) in [5.41, 5.74) is 5.46. The van der Waals surface area contributed by atoms with Crippen LogP contribution >= 0.6 is 0 Å². The molecule has 34 heavy (non-hydrogen) atoms. The Kier molecular flexibility index (Phi) is 7.77. The summed E-state index contributed by atoms with van der Waals surface area (Å²) in [7, 11) is -2.28. The van der Waals surface area contributed by atoms with Gasteiger partial charge in [0.2, 0.25) is 11.8 Å². The van der Waals surface area contributed by atoms with E-state index in [1.54, 1.807) is 13.1 Å². The van der Waals surface area contributed by atoms with Crippen molar-refractivity contribution in [3.05, 3.63) is 36.7 Å². The molecule has 1 saturated heterocycles. The first-order chi connectivity index (χ1) is 16.0. The van der Waals surface area contributed by atoms with E-state index < -0.39 is 45.9 Å². The van der Waals surface area contributed by atoms with Crippen LogP contribution in [-0.4, -0.2) is 65.3 Å². The van der Waals surface area contributed by atoms with Crippen LogP contribution in [0.25, 0.3) is 0 Å². The summed E-state index contributed by atoms with van der Waals surface area (Å²) in [6.07, 6.45) is 4.68. The van der Waals surface area contributed by atoms with E-state index in [1.165, 1.54) is 34.3 Å². The van der Waals surface area contributed by atoms with E-state index in [0.717, 1.165) is 0 Å². The fourth-order valence-electron chi connectivity index (χ4n) is 3.90. The third-order valence-electron chi connectivity index (χ3n) is 5.54. The van der Waals surface area contributed by atoms with Gasteiger partial charge in [0, 0.05) is 25.8 Å². The maximum atomic E-state index is 13.2. The highest BCUT2D eigenvalue weighted by Gasteiger charge is 2.40. The van der Waals surface area contributed by atoms with Gasteiger partial charge in [0.15, 0.2) is 10.8 Å². The minimum atomic E-state index is -3.93. The van der Waals surface area contributed by atoms with Gasteiger partial charge in [-0.2, -0.15) is 0 Å². The molecule has 3 amide bonds. The van der Waals surface area contributed by atoms with Gasteiger partial charge in [-0.3, -0.25) is 14.4 Å². The molecule has 0 bridgehead atoms. The number of sulfonamides is 1. The molecule has 1 aliphatic rings. The van der Waals surface area contributed by atoms with E-state index in [0.29, 0.717) is 6.42 Å². The van der Waals surface area contributed by atoms with Gasteiger partial charge < -0.3 is 24.9 Å². The zero-order valence-corrected chi connectivity index (χ0v) is 20.1. The van der Waals surface area contributed by atoms with Crippen LogP contribution < -0.4 is 15.8 Å². The van der Waals surface area contributed by atoms with Crippen LogP contribution in [0.4, 0.5) is 0 Å². The van der Waals surface area contributed by atoms with Crippen molar-refractivity contribution in [3.8, 4) is 0 Å². The lowest BCUT2D eigenvalue weighted by atomic mass is 9.95. The zero-order valence-electron chi connectivity index (χ0n) is 19.3. The maximum absolute atomic E-state index is 13.2. The van der Waals surface area contributed by atoms with E-state index in [4.69, 9.17) is 10.2 Å². The molecule has 12 nitrogen and oxygen atoms in total. The maximum Gasteiger partial charge on any atom is 0.290 e. The average Bonchev–Trinajstić information content (AvgIpc) is 3.44. The number of piperidine rings is 1. The summed E-state index contributed by atoms with van der Waals surface area (Å²) < 4.78 is 34.8. The molecular weight excluding hydrogens is 464 g/mol. The normalized spacial score (nSPS) is 19.7. The summed E-state index contributed by atoms with van der Waals surface area (Å²) in [6, 6.07) is 0.441. The lowest BCUT2D eigenvalue weighted by molar-refractivity contribution is -0.131. The van der Waals surface area contributed by atoms with E-state index in [1.807, 2.05) is 13.8 Å². The van der Waals surface area contributed by atoms with Crippen molar-refractivity contribution in [1.82, 2.24) is 24.5 Å². The number of hydrogen-bond acceptors (Lipinski definition) is 7. The minimum Gasteiger partial charge on any atom is -0.459 e. The number of nitrogens with one attached hydrogen (secondary N) is 2. The number of carbonyl (C=O) groups excluding carboxylic acids is 3. The number of amides is 3. The Morgan fingerprint density at radius 3 is 2.62 bits per heavy atom. The van der Waals surface area contributed by atoms with Crippen molar-refractivity contribution in [1.29, 1.82) is 0 Å². The van der Waals surface area contributed by atoms with Gasteiger partial charge in [0.1, 0.15) is 12.1 Å². The predicted octanol–water partition coefficient (Wildman–Crippen LogP) is -0.0190. The smallest absolute Gasteiger partial charge is 0.290 e. The third kappa shape index (κ3) is 6.03. The Bertz CT molecular complexity index is 1130.